The second kappa shape index (κ2) is 6.86. The van der Waals surface area contributed by atoms with Crippen molar-refractivity contribution in [3.05, 3.63) is 0 Å². The molecule has 4 nitrogen and oxygen atoms in total. The second-order valence-electron chi connectivity index (χ2n) is 4.78. The predicted octanol–water partition coefficient (Wildman–Crippen LogP) is 1.17. The van der Waals surface area contributed by atoms with E-state index >= 15 is 0 Å². The highest BCUT2D eigenvalue weighted by atomic mass is 16.4. The third kappa shape index (κ3) is 4.10. The first-order chi connectivity index (χ1) is 7.65. The lowest BCUT2D eigenvalue weighted by atomic mass is 9.97. The molecule has 1 rings (SSSR count). The molecule has 2 atom stereocenters. The molecule has 1 fully saturated rings. The molecule has 0 aliphatic carbocycles. The molecule has 16 heavy (non-hydrogen) atoms. The molecule has 1 saturated heterocycles. The quantitative estimate of drug-likeness (QED) is 0.716. The lowest BCUT2D eigenvalue weighted by Crippen LogP contribution is -2.44. The number of nitrogens with one attached hydrogen (secondary N) is 1. The Balaban J connectivity index is 2.43. The molecule has 0 bridgehead atoms. The molecule has 94 valence electrons. The lowest BCUT2D eigenvalue weighted by Gasteiger charge is -2.36. The van der Waals surface area contributed by atoms with E-state index in [0.717, 1.165) is 19.5 Å². The molecule has 0 amide bonds. The molecule has 0 saturated carbocycles. The Morgan fingerprint density at radius 1 is 1.56 bits per heavy atom. The molecular weight excluding hydrogens is 204 g/mol. The Morgan fingerprint density at radius 2 is 2.31 bits per heavy atom. The Bertz CT molecular complexity index is 221. The number of carboxylic acid groups (broad SMARTS) is 1. The highest BCUT2D eigenvalue weighted by molar-refractivity contribution is 5.69. The maximum absolute atomic E-state index is 10.9. The van der Waals surface area contributed by atoms with Gasteiger partial charge in [0.15, 0.2) is 0 Å². The number of hydrogen-bond donors (Lipinski definition) is 2. The highest BCUT2D eigenvalue weighted by Crippen LogP contribution is 2.20. The van der Waals surface area contributed by atoms with Crippen molar-refractivity contribution >= 4 is 5.97 Å². The molecule has 0 aromatic carbocycles. The normalized spacial score (nSPS) is 24.2. The first-order valence-electron chi connectivity index (χ1n) is 6.26. The summed E-state index contributed by atoms with van der Waals surface area (Å²) in [6.45, 7) is 4.57. The average molecular weight is 228 g/mol. The fourth-order valence-electron chi connectivity index (χ4n) is 2.37. The van der Waals surface area contributed by atoms with E-state index in [4.69, 9.17) is 5.11 Å². The zero-order valence-electron chi connectivity index (χ0n) is 10.4. The van der Waals surface area contributed by atoms with Gasteiger partial charge in [-0.25, -0.2) is 0 Å². The second-order valence-corrected chi connectivity index (χ2v) is 4.78. The number of aliphatic carboxylic acids is 1. The molecule has 2 N–H and O–H groups in total. The Hall–Kier alpha value is -0.610. The summed E-state index contributed by atoms with van der Waals surface area (Å²) < 4.78 is 0. The van der Waals surface area contributed by atoms with E-state index in [2.05, 4.69) is 10.2 Å². The van der Waals surface area contributed by atoms with E-state index in [1.165, 1.54) is 19.3 Å². The molecule has 4 heteroatoms. The summed E-state index contributed by atoms with van der Waals surface area (Å²) in [6, 6.07) is 0.572. The van der Waals surface area contributed by atoms with Gasteiger partial charge < -0.3 is 10.4 Å². The van der Waals surface area contributed by atoms with Crippen LogP contribution in [0.2, 0.25) is 0 Å². The fraction of sp³-hybridized carbons (Fsp3) is 0.917. The van der Waals surface area contributed by atoms with Crippen molar-refractivity contribution in [2.24, 2.45) is 5.92 Å². The summed E-state index contributed by atoms with van der Waals surface area (Å²) in [5.41, 5.74) is 0. The van der Waals surface area contributed by atoms with Crippen LogP contribution in [0.25, 0.3) is 0 Å². The van der Waals surface area contributed by atoms with E-state index in [-0.39, 0.29) is 5.92 Å². The molecule has 1 aliphatic rings. The molecule has 0 aromatic heterocycles. The minimum atomic E-state index is -0.682. The third-order valence-corrected chi connectivity index (χ3v) is 3.41. The molecule has 1 aliphatic heterocycles. The topological polar surface area (TPSA) is 52.6 Å². The van der Waals surface area contributed by atoms with Gasteiger partial charge in [0.2, 0.25) is 0 Å². The molecule has 0 spiro atoms. The minimum absolute atomic E-state index is 0.254. The number of likely N-dealkylation sites (tertiary alicyclic amines) is 1. The van der Waals surface area contributed by atoms with Crippen LogP contribution >= 0.6 is 0 Å². The van der Waals surface area contributed by atoms with Gasteiger partial charge in [0, 0.05) is 12.6 Å². The lowest BCUT2D eigenvalue weighted by molar-refractivity contribution is -0.142. The summed E-state index contributed by atoms with van der Waals surface area (Å²) in [7, 11) is 1.97. The van der Waals surface area contributed by atoms with Crippen molar-refractivity contribution in [3.63, 3.8) is 0 Å². The summed E-state index contributed by atoms with van der Waals surface area (Å²) in [4.78, 5) is 13.2. The number of carbonyl (C=O) groups is 1. The van der Waals surface area contributed by atoms with Gasteiger partial charge in [0.1, 0.15) is 0 Å². The minimum Gasteiger partial charge on any atom is -0.481 e. The molecule has 2 unspecified atom stereocenters. The summed E-state index contributed by atoms with van der Waals surface area (Å²) in [5.74, 6) is -0.937. The van der Waals surface area contributed by atoms with Gasteiger partial charge in [-0.05, 0) is 39.4 Å². The van der Waals surface area contributed by atoms with Crippen LogP contribution in [0, 0.1) is 5.92 Å². The van der Waals surface area contributed by atoms with E-state index in [1.807, 2.05) is 7.05 Å². The third-order valence-electron chi connectivity index (χ3n) is 3.41. The zero-order valence-corrected chi connectivity index (χ0v) is 10.4. The van der Waals surface area contributed by atoms with Gasteiger partial charge in [-0.1, -0.05) is 13.3 Å². The van der Waals surface area contributed by atoms with Crippen molar-refractivity contribution in [1.82, 2.24) is 10.2 Å². The standard InChI is InChI=1S/C12H24N2O2/c1-10(12(15)16)9-14-8-4-3-5-11(14)6-7-13-2/h10-11,13H,3-9H2,1-2H3,(H,15,16). The van der Waals surface area contributed by atoms with Crippen LogP contribution in [0.5, 0.6) is 0 Å². The molecular formula is C12H24N2O2. The highest BCUT2D eigenvalue weighted by Gasteiger charge is 2.25. The van der Waals surface area contributed by atoms with E-state index < -0.39 is 5.97 Å². The largest absolute Gasteiger partial charge is 0.481 e. The number of piperidine rings is 1. The van der Waals surface area contributed by atoms with Gasteiger partial charge >= 0.3 is 5.97 Å². The van der Waals surface area contributed by atoms with Crippen molar-refractivity contribution in [1.29, 1.82) is 0 Å². The van der Waals surface area contributed by atoms with E-state index in [1.54, 1.807) is 6.92 Å². The molecule has 1 heterocycles. The van der Waals surface area contributed by atoms with Crippen LogP contribution in [0.15, 0.2) is 0 Å². The zero-order chi connectivity index (χ0) is 12.0. The fourth-order valence-corrected chi connectivity index (χ4v) is 2.37. The van der Waals surface area contributed by atoms with Gasteiger partial charge in [0.05, 0.1) is 5.92 Å². The SMILES string of the molecule is CNCCC1CCCCN1CC(C)C(=O)O. The Morgan fingerprint density at radius 3 is 2.94 bits per heavy atom. The maximum atomic E-state index is 10.9. The van der Waals surface area contributed by atoms with E-state index in [9.17, 15) is 4.79 Å². The number of nitrogens with zero attached hydrogens (tertiary/aromatic N) is 1. The number of rotatable bonds is 6. The number of carboxylic acids is 1. The summed E-state index contributed by atoms with van der Waals surface area (Å²) >= 11 is 0. The summed E-state index contributed by atoms with van der Waals surface area (Å²) in [5, 5.41) is 12.1. The van der Waals surface area contributed by atoms with Crippen LogP contribution in [0.4, 0.5) is 0 Å². The van der Waals surface area contributed by atoms with Crippen LogP contribution in [-0.2, 0) is 4.79 Å². The Kier molecular flexibility index (Phi) is 5.77. The first-order valence-corrected chi connectivity index (χ1v) is 6.26. The predicted molar refractivity (Wildman–Crippen MR) is 64.6 cm³/mol. The average Bonchev–Trinajstić information content (AvgIpc) is 2.27. The van der Waals surface area contributed by atoms with Crippen molar-refractivity contribution in [2.45, 2.75) is 38.6 Å². The molecule has 0 radical (unpaired) electrons. The van der Waals surface area contributed by atoms with Crippen LogP contribution < -0.4 is 5.32 Å². The van der Waals surface area contributed by atoms with E-state index in [0.29, 0.717) is 12.6 Å². The number of hydrogen-bond acceptors (Lipinski definition) is 3. The monoisotopic (exact) mass is 228 g/mol. The first kappa shape index (κ1) is 13.5. The molecule has 0 aromatic rings. The van der Waals surface area contributed by atoms with Gasteiger partial charge in [-0.2, -0.15) is 0 Å². The van der Waals surface area contributed by atoms with Gasteiger partial charge in [0.25, 0.3) is 0 Å². The Labute approximate surface area is 98.0 Å². The maximum Gasteiger partial charge on any atom is 0.307 e. The van der Waals surface area contributed by atoms with Crippen molar-refractivity contribution in [2.75, 3.05) is 26.7 Å². The van der Waals surface area contributed by atoms with Crippen LogP contribution in [0.1, 0.15) is 32.6 Å². The van der Waals surface area contributed by atoms with Crippen LogP contribution in [-0.4, -0.2) is 48.7 Å². The smallest absolute Gasteiger partial charge is 0.307 e. The van der Waals surface area contributed by atoms with Gasteiger partial charge in [-0.15, -0.1) is 0 Å². The summed E-state index contributed by atoms with van der Waals surface area (Å²) in [6.07, 6.45) is 4.84. The van der Waals surface area contributed by atoms with Crippen LogP contribution in [0.3, 0.4) is 0 Å². The van der Waals surface area contributed by atoms with Crippen molar-refractivity contribution in [3.8, 4) is 0 Å². The van der Waals surface area contributed by atoms with Crippen molar-refractivity contribution < 1.29 is 9.90 Å². The van der Waals surface area contributed by atoms with Gasteiger partial charge in [-0.3, -0.25) is 9.69 Å².